The van der Waals surface area contributed by atoms with Crippen molar-refractivity contribution in [1.29, 1.82) is 0 Å². The summed E-state index contributed by atoms with van der Waals surface area (Å²) in [5, 5.41) is 2.05. The van der Waals surface area contributed by atoms with Crippen LogP contribution in [-0.2, 0) is 6.42 Å². The van der Waals surface area contributed by atoms with Gasteiger partial charge in [-0.15, -0.1) is 11.3 Å². The van der Waals surface area contributed by atoms with Crippen molar-refractivity contribution < 1.29 is 4.74 Å². The van der Waals surface area contributed by atoms with Gasteiger partial charge >= 0.3 is 0 Å². The van der Waals surface area contributed by atoms with E-state index in [0.717, 1.165) is 6.42 Å². The molecule has 2 aromatic heterocycles. The van der Waals surface area contributed by atoms with E-state index >= 15 is 0 Å². The first kappa shape index (κ1) is 9.92. The molecule has 0 saturated carbocycles. The summed E-state index contributed by atoms with van der Waals surface area (Å²) in [7, 11) is 0. The van der Waals surface area contributed by atoms with Crippen LogP contribution in [0, 0.1) is 0 Å². The molecule has 0 radical (unpaired) electrons. The van der Waals surface area contributed by atoms with Gasteiger partial charge < -0.3 is 10.5 Å². The highest BCUT2D eigenvalue weighted by atomic mass is 32.1. The minimum atomic E-state index is 0.378. The Morgan fingerprint density at radius 2 is 2.33 bits per heavy atom. The van der Waals surface area contributed by atoms with E-state index in [1.54, 1.807) is 17.5 Å². The van der Waals surface area contributed by atoms with Crippen molar-refractivity contribution in [2.24, 2.45) is 0 Å². The van der Waals surface area contributed by atoms with E-state index in [9.17, 15) is 0 Å². The molecule has 0 spiro atoms. The maximum Gasteiger partial charge on any atom is 0.234 e. The van der Waals surface area contributed by atoms with Crippen molar-refractivity contribution in [2.45, 2.75) is 6.42 Å². The Morgan fingerprint density at radius 3 is 3.07 bits per heavy atom. The zero-order chi connectivity index (χ0) is 10.5. The number of ether oxygens (including phenoxy) is 1. The van der Waals surface area contributed by atoms with Crippen molar-refractivity contribution in [1.82, 2.24) is 9.97 Å². The van der Waals surface area contributed by atoms with Gasteiger partial charge in [-0.05, 0) is 11.4 Å². The average molecular weight is 221 g/mol. The molecule has 2 N–H and O–H groups in total. The molecule has 0 aromatic carbocycles. The highest BCUT2D eigenvalue weighted by molar-refractivity contribution is 7.09. The minimum absolute atomic E-state index is 0.378. The number of rotatable bonds is 4. The Hall–Kier alpha value is -1.62. The smallest absolute Gasteiger partial charge is 0.234 e. The average Bonchev–Trinajstić information content (AvgIpc) is 2.71. The van der Waals surface area contributed by atoms with E-state index in [0.29, 0.717) is 18.3 Å². The van der Waals surface area contributed by atoms with Crippen LogP contribution in [-0.4, -0.2) is 16.6 Å². The topological polar surface area (TPSA) is 61.0 Å². The molecule has 0 aliphatic carbocycles. The lowest BCUT2D eigenvalue weighted by molar-refractivity contribution is 0.309. The summed E-state index contributed by atoms with van der Waals surface area (Å²) in [4.78, 5) is 9.18. The highest BCUT2D eigenvalue weighted by Crippen LogP contribution is 2.11. The third kappa shape index (κ3) is 2.92. The molecule has 0 unspecified atom stereocenters. The van der Waals surface area contributed by atoms with Crippen LogP contribution in [0.4, 0.5) is 5.82 Å². The molecule has 78 valence electrons. The normalized spacial score (nSPS) is 10.1. The summed E-state index contributed by atoms with van der Waals surface area (Å²) >= 11 is 1.72. The lowest BCUT2D eigenvalue weighted by Gasteiger charge is -2.03. The number of nitrogen functional groups attached to an aromatic ring is 1. The Labute approximate surface area is 91.8 Å². The van der Waals surface area contributed by atoms with Gasteiger partial charge in [-0.2, -0.15) is 4.98 Å². The molecular weight excluding hydrogens is 210 g/mol. The molecule has 4 nitrogen and oxygen atoms in total. The van der Waals surface area contributed by atoms with Gasteiger partial charge in [0, 0.05) is 11.3 Å². The molecule has 0 bridgehead atoms. The lowest BCUT2D eigenvalue weighted by atomic mass is 10.4. The van der Waals surface area contributed by atoms with Crippen LogP contribution in [0.15, 0.2) is 29.9 Å². The van der Waals surface area contributed by atoms with Gasteiger partial charge in [0.25, 0.3) is 0 Å². The van der Waals surface area contributed by atoms with Gasteiger partial charge in [0.15, 0.2) is 0 Å². The summed E-state index contributed by atoms with van der Waals surface area (Å²) < 4.78 is 5.41. The Kier molecular flexibility index (Phi) is 3.14. The van der Waals surface area contributed by atoms with Crippen LogP contribution in [0.2, 0.25) is 0 Å². The van der Waals surface area contributed by atoms with E-state index in [-0.39, 0.29) is 0 Å². The van der Waals surface area contributed by atoms with Crippen molar-refractivity contribution in [3.63, 3.8) is 0 Å². The maximum atomic E-state index is 5.47. The second kappa shape index (κ2) is 4.75. The van der Waals surface area contributed by atoms with E-state index in [1.807, 2.05) is 6.07 Å². The zero-order valence-electron chi connectivity index (χ0n) is 8.09. The third-order valence-electron chi connectivity index (χ3n) is 1.81. The Bertz CT molecular complexity index is 416. The number of aromatic nitrogens is 2. The van der Waals surface area contributed by atoms with Crippen LogP contribution in [0.5, 0.6) is 5.88 Å². The summed E-state index contributed by atoms with van der Waals surface area (Å²) in [6.45, 7) is 0.596. The fourth-order valence-electron chi connectivity index (χ4n) is 1.14. The Balaban J connectivity index is 1.83. The standard InChI is InChI=1S/C10H11N3OS/c11-9-6-12-7-10(13-9)14-4-3-8-2-1-5-15-8/h1-2,5-7H,3-4H2,(H2,11,13). The molecule has 0 aliphatic rings. The van der Waals surface area contributed by atoms with Gasteiger partial charge in [-0.25, -0.2) is 0 Å². The predicted molar refractivity (Wildman–Crippen MR) is 60.0 cm³/mol. The third-order valence-corrected chi connectivity index (χ3v) is 2.75. The summed E-state index contributed by atoms with van der Waals surface area (Å²) in [5.41, 5.74) is 5.47. The Morgan fingerprint density at radius 1 is 1.40 bits per heavy atom. The summed E-state index contributed by atoms with van der Waals surface area (Å²) in [5.74, 6) is 0.857. The first-order chi connectivity index (χ1) is 7.34. The second-order valence-electron chi connectivity index (χ2n) is 2.96. The number of hydrogen-bond acceptors (Lipinski definition) is 5. The van der Waals surface area contributed by atoms with Crippen molar-refractivity contribution >= 4 is 17.2 Å². The van der Waals surface area contributed by atoms with Crippen LogP contribution in [0.1, 0.15) is 4.88 Å². The van der Waals surface area contributed by atoms with Crippen LogP contribution >= 0.6 is 11.3 Å². The number of nitrogens with two attached hydrogens (primary N) is 1. The van der Waals surface area contributed by atoms with Gasteiger partial charge in [0.05, 0.1) is 19.0 Å². The number of thiophene rings is 1. The highest BCUT2D eigenvalue weighted by Gasteiger charge is 1.98. The molecule has 2 heterocycles. The maximum absolute atomic E-state index is 5.47. The molecule has 0 saturated heterocycles. The molecule has 15 heavy (non-hydrogen) atoms. The van der Waals surface area contributed by atoms with E-state index < -0.39 is 0 Å². The van der Waals surface area contributed by atoms with Crippen molar-refractivity contribution in [2.75, 3.05) is 12.3 Å². The van der Waals surface area contributed by atoms with Gasteiger partial charge in [0.2, 0.25) is 5.88 Å². The van der Waals surface area contributed by atoms with Crippen LogP contribution in [0.25, 0.3) is 0 Å². The summed E-state index contributed by atoms with van der Waals surface area (Å²) in [6, 6.07) is 4.11. The molecule has 0 fully saturated rings. The summed E-state index contributed by atoms with van der Waals surface area (Å²) in [6.07, 6.45) is 3.94. The van der Waals surface area contributed by atoms with Crippen molar-refractivity contribution in [3.8, 4) is 5.88 Å². The van der Waals surface area contributed by atoms with Crippen LogP contribution in [0.3, 0.4) is 0 Å². The fraction of sp³-hybridized carbons (Fsp3) is 0.200. The van der Waals surface area contributed by atoms with E-state index in [4.69, 9.17) is 10.5 Å². The number of nitrogens with zero attached hydrogens (tertiary/aromatic N) is 2. The fourth-order valence-corrected chi connectivity index (χ4v) is 1.83. The second-order valence-corrected chi connectivity index (χ2v) is 3.99. The molecule has 2 rings (SSSR count). The molecule has 5 heteroatoms. The zero-order valence-corrected chi connectivity index (χ0v) is 8.91. The number of anilines is 1. The van der Waals surface area contributed by atoms with Crippen LogP contribution < -0.4 is 10.5 Å². The predicted octanol–water partition coefficient (Wildman–Crippen LogP) is 1.74. The van der Waals surface area contributed by atoms with Gasteiger partial charge in [0.1, 0.15) is 5.82 Å². The first-order valence-electron chi connectivity index (χ1n) is 4.57. The minimum Gasteiger partial charge on any atom is -0.476 e. The number of hydrogen-bond donors (Lipinski definition) is 1. The molecule has 0 atom stereocenters. The molecule has 0 amide bonds. The first-order valence-corrected chi connectivity index (χ1v) is 5.45. The van der Waals surface area contributed by atoms with Crippen molar-refractivity contribution in [3.05, 3.63) is 34.8 Å². The van der Waals surface area contributed by atoms with E-state index in [2.05, 4.69) is 21.4 Å². The molecule has 0 aliphatic heterocycles. The largest absolute Gasteiger partial charge is 0.476 e. The lowest BCUT2D eigenvalue weighted by Crippen LogP contribution is -2.03. The monoisotopic (exact) mass is 221 g/mol. The van der Waals surface area contributed by atoms with Gasteiger partial charge in [-0.1, -0.05) is 6.07 Å². The molecular formula is C10H11N3OS. The van der Waals surface area contributed by atoms with E-state index in [1.165, 1.54) is 11.1 Å². The van der Waals surface area contributed by atoms with Gasteiger partial charge in [-0.3, -0.25) is 4.98 Å². The SMILES string of the molecule is Nc1cncc(OCCc2cccs2)n1. The quantitative estimate of drug-likeness (QED) is 0.854. The molecule has 2 aromatic rings.